The highest BCUT2D eigenvalue weighted by Gasteiger charge is 2.07. The van der Waals surface area contributed by atoms with E-state index in [1.807, 2.05) is 48.5 Å². The fourth-order valence-electron chi connectivity index (χ4n) is 2.15. The number of aryl methyl sites for hydroxylation is 1. The highest BCUT2D eigenvalue weighted by atomic mass is 15.2. The molecule has 0 saturated carbocycles. The van der Waals surface area contributed by atoms with Crippen LogP contribution in [0.5, 0.6) is 0 Å². The Bertz CT molecular complexity index is 702. The number of anilines is 1. The van der Waals surface area contributed by atoms with Gasteiger partial charge in [0.2, 0.25) is 0 Å². The molecule has 1 N–H and O–H groups in total. The number of nitrogens with one attached hydrogen (secondary N) is 1. The molecule has 0 aliphatic carbocycles. The molecule has 0 spiro atoms. The first kappa shape index (κ1) is 11.7. The van der Waals surface area contributed by atoms with Crippen LogP contribution in [0.25, 0.3) is 10.9 Å². The maximum Gasteiger partial charge on any atom is 0.0703 e. The van der Waals surface area contributed by atoms with Crippen molar-refractivity contribution in [3.05, 3.63) is 54.5 Å². The van der Waals surface area contributed by atoms with Crippen LogP contribution in [0, 0.1) is 0 Å². The summed E-state index contributed by atoms with van der Waals surface area (Å²) in [6, 6.07) is 10.4. The molecule has 4 nitrogen and oxygen atoms in total. The minimum Gasteiger partial charge on any atom is -0.377 e. The van der Waals surface area contributed by atoms with Crippen LogP contribution in [0.15, 0.2) is 48.9 Å². The van der Waals surface area contributed by atoms with E-state index in [4.69, 9.17) is 0 Å². The Balaban J connectivity index is 1.84. The summed E-state index contributed by atoms with van der Waals surface area (Å²) in [5.74, 6) is 0. The molecule has 2 heterocycles. The molecule has 19 heavy (non-hydrogen) atoms. The van der Waals surface area contributed by atoms with Gasteiger partial charge in [-0.3, -0.25) is 9.67 Å². The quantitative estimate of drug-likeness (QED) is 0.778. The van der Waals surface area contributed by atoms with E-state index in [2.05, 4.69) is 34.5 Å². The van der Waals surface area contributed by atoms with Crippen molar-refractivity contribution in [3.63, 3.8) is 0 Å². The molecule has 0 aliphatic heterocycles. The summed E-state index contributed by atoms with van der Waals surface area (Å²) in [5, 5.41) is 8.78. The lowest BCUT2D eigenvalue weighted by Crippen LogP contribution is -2.06. The van der Waals surface area contributed by atoms with Crippen molar-refractivity contribution in [3.8, 4) is 0 Å². The monoisotopic (exact) mass is 252 g/mol. The molecule has 0 bridgehead atoms. The van der Waals surface area contributed by atoms with Crippen molar-refractivity contribution in [2.45, 2.75) is 13.0 Å². The minimum atomic E-state index is 0.205. The van der Waals surface area contributed by atoms with Gasteiger partial charge in [0.1, 0.15) is 0 Å². The first-order chi connectivity index (χ1) is 9.22. The molecule has 3 aromatic rings. The zero-order chi connectivity index (χ0) is 13.2. The third-order valence-corrected chi connectivity index (χ3v) is 3.20. The fourth-order valence-corrected chi connectivity index (χ4v) is 2.15. The summed E-state index contributed by atoms with van der Waals surface area (Å²) in [4.78, 5) is 4.45. The second kappa shape index (κ2) is 4.72. The van der Waals surface area contributed by atoms with Gasteiger partial charge in [-0.25, -0.2) is 0 Å². The van der Waals surface area contributed by atoms with E-state index in [1.165, 1.54) is 0 Å². The van der Waals surface area contributed by atoms with E-state index in [0.29, 0.717) is 0 Å². The van der Waals surface area contributed by atoms with E-state index in [-0.39, 0.29) is 6.04 Å². The number of rotatable bonds is 3. The number of hydrogen-bond acceptors (Lipinski definition) is 3. The fraction of sp³-hybridized carbons (Fsp3) is 0.200. The van der Waals surface area contributed by atoms with Gasteiger partial charge in [-0.1, -0.05) is 18.2 Å². The number of nitrogens with zero attached hydrogens (tertiary/aromatic N) is 3. The number of hydrogen-bond donors (Lipinski definition) is 1. The van der Waals surface area contributed by atoms with Crippen LogP contribution in [0.2, 0.25) is 0 Å². The van der Waals surface area contributed by atoms with Gasteiger partial charge in [0, 0.05) is 24.2 Å². The van der Waals surface area contributed by atoms with Crippen molar-refractivity contribution < 1.29 is 0 Å². The van der Waals surface area contributed by atoms with Crippen LogP contribution in [0.3, 0.4) is 0 Å². The predicted octanol–water partition coefficient (Wildman–Crippen LogP) is 3.14. The lowest BCUT2D eigenvalue weighted by Gasteiger charge is -2.13. The lowest BCUT2D eigenvalue weighted by atomic mass is 10.1. The maximum absolute atomic E-state index is 4.45. The van der Waals surface area contributed by atoms with Gasteiger partial charge >= 0.3 is 0 Å². The first-order valence-corrected chi connectivity index (χ1v) is 6.32. The third-order valence-electron chi connectivity index (χ3n) is 3.20. The standard InChI is InChI=1S/C15H16N4/c1-11(13-8-17-19(2)10-13)18-14-7-12-5-3-4-6-15(12)16-9-14/h3-11,18H,1-2H3. The molecule has 0 saturated heterocycles. The second-order valence-electron chi connectivity index (χ2n) is 4.73. The molecule has 1 aromatic carbocycles. The topological polar surface area (TPSA) is 42.7 Å². The number of para-hydroxylation sites is 1. The molecule has 0 radical (unpaired) electrons. The zero-order valence-electron chi connectivity index (χ0n) is 11.0. The van der Waals surface area contributed by atoms with E-state index >= 15 is 0 Å². The highest BCUT2D eigenvalue weighted by molar-refractivity contribution is 5.81. The molecule has 96 valence electrons. The summed E-state index contributed by atoms with van der Waals surface area (Å²) in [7, 11) is 1.92. The first-order valence-electron chi connectivity index (χ1n) is 6.32. The highest BCUT2D eigenvalue weighted by Crippen LogP contribution is 2.21. The van der Waals surface area contributed by atoms with Gasteiger partial charge < -0.3 is 5.32 Å². The van der Waals surface area contributed by atoms with Gasteiger partial charge in [0.05, 0.1) is 29.6 Å². The van der Waals surface area contributed by atoms with Gasteiger partial charge in [0.15, 0.2) is 0 Å². The minimum absolute atomic E-state index is 0.205. The Morgan fingerprint density at radius 2 is 2.05 bits per heavy atom. The smallest absolute Gasteiger partial charge is 0.0703 e. The molecule has 0 aliphatic rings. The average molecular weight is 252 g/mol. The SMILES string of the molecule is CC(Nc1cnc2ccccc2c1)c1cnn(C)c1. The Morgan fingerprint density at radius 1 is 1.21 bits per heavy atom. The van der Waals surface area contributed by atoms with Crippen LogP contribution in [-0.4, -0.2) is 14.8 Å². The van der Waals surface area contributed by atoms with Gasteiger partial charge in [-0.2, -0.15) is 5.10 Å². The molecular formula is C15H16N4. The summed E-state index contributed by atoms with van der Waals surface area (Å²) in [6.45, 7) is 2.12. The third kappa shape index (κ3) is 2.42. The van der Waals surface area contributed by atoms with Crippen LogP contribution in [-0.2, 0) is 7.05 Å². The van der Waals surface area contributed by atoms with Crippen molar-refractivity contribution in [2.24, 2.45) is 7.05 Å². The lowest BCUT2D eigenvalue weighted by molar-refractivity contribution is 0.765. The van der Waals surface area contributed by atoms with Crippen LogP contribution in [0.1, 0.15) is 18.5 Å². The summed E-state index contributed by atoms with van der Waals surface area (Å²) in [5.41, 5.74) is 3.20. The van der Waals surface area contributed by atoms with Crippen molar-refractivity contribution >= 4 is 16.6 Å². The van der Waals surface area contributed by atoms with Gasteiger partial charge in [-0.05, 0) is 19.1 Å². The molecule has 3 rings (SSSR count). The molecule has 1 unspecified atom stereocenters. The maximum atomic E-state index is 4.45. The number of pyridine rings is 1. The molecule has 1 atom stereocenters. The van der Waals surface area contributed by atoms with E-state index in [1.54, 1.807) is 0 Å². The number of aromatic nitrogens is 3. The van der Waals surface area contributed by atoms with Crippen LogP contribution in [0.4, 0.5) is 5.69 Å². The Morgan fingerprint density at radius 3 is 2.84 bits per heavy atom. The van der Waals surface area contributed by atoms with Gasteiger partial charge in [0.25, 0.3) is 0 Å². The molecule has 4 heteroatoms. The Kier molecular flexibility index (Phi) is 2.91. The number of fused-ring (bicyclic) bond motifs is 1. The normalized spacial score (nSPS) is 12.5. The van der Waals surface area contributed by atoms with E-state index in [0.717, 1.165) is 22.2 Å². The number of benzene rings is 1. The summed E-state index contributed by atoms with van der Waals surface area (Å²) >= 11 is 0. The molecular weight excluding hydrogens is 236 g/mol. The van der Waals surface area contributed by atoms with Crippen molar-refractivity contribution in [2.75, 3.05) is 5.32 Å². The van der Waals surface area contributed by atoms with E-state index < -0.39 is 0 Å². The second-order valence-corrected chi connectivity index (χ2v) is 4.73. The summed E-state index contributed by atoms with van der Waals surface area (Å²) in [6.07, 6.45) is 5.77. The van der Waals surface area contributed by atoms with E-state index in [9.17, 15) is 0 Å². The molecule has 0 fully saturated rings. The van der Waals surface area contributed by atoms with Gasteiger partial charge in [-0.15, -0.1) is 0 Å². The Labute approximate surface area is 112 Å². The van der Waals surface area contributed by atoms with Crippen molar-refractivity contribution in [1.29, 1.82) is 0 Å². The van der Waals surface area contributed by atoms with Crippen LogP contribution >= 0.6 is 0 Å². The van der Waals surface area contributed by atoms with Crippen LogP contribution < -0.4 is 5.32 Å². The average Bonchev–Trinajstić information content (AvgIpc) is 2.85. The summed E-state index contributed by atoms with van der Waals surface area (Å²) < 4.78 is 1.81. The molecule has 2 aromatic heterocycles. The Hall–Kier alpha value is -2.36. The van der Waals surface area contributed by atoms with Crippen molar-refractivity contribution in [1.82, 2.24) is 14.8 Å². The largest absolute Gasteiger partial charge is 0.377 e. The predicted molar refractivity (Wildman–Crippen MR) is 77.0 cm³/mol. The molecule has 0 amide bonds. The zero-order valence-corrected chi connectivity index (χ0v) is 11.0.